The largest absolute Gasteiger partial charge is 0.309 e. The van der Waals surface area contributed by atoms with Crippen LogP contribution in [-0.4, -0.2) is 25.5 Å². The molecule has 0 radical (unpaired) electrons. The third kappa shape index (κ3) is 3.00. The van der Waals surface area contributed by atoms with E-state index in [9.17, 15) is 0 Å². The van der Waals surface area contributed by atoms with E-state index in [1.54, 1.807) is 0 Å². The molecule has 1 unspecified atom stereocenters. The van der Waals surface area contributed by atoms with Gasteiger partial charge >= 0.3 is 0 Å². The van der Waals surface area contributed by atoms with Crippen molar-refractivity contribution in [2.45, 2.75) is 25.7 Å². The maximum Gasteiger partial charge on any atom is 0.00101 e. The zero-order valence-corrected chi connectivity index (χ0v) is 13.8. The Labute approximate surface area is 134 Å². The van der Waals surface area contributed by atoms with Gasteiger partial charge < -0.3 is 4.90 Å². The van der Waals surface area contributed by atoms with Crippen molar-refractivity contribution in [2.24, 2.45) is 0 Å². The van der Waals surface area contributed by atoms with Crippen molar-refractivity contribution in [3.8, 4) is 0 Å². The Bertz CT molecular complexity index is 682. The SMILES string of the molecule is CC1Cc2ccccc2/C(=C/CCN(C)C)c2ccccc21. The molecule has 1 heteroatoms. The van der Waals surface area contributed by atoms with Gasteiger partial charge in [-0.15, -0.1) is 0 Å². The van der Waals surface area contributed by atoms with Gasteiger partial charge in [-0.25, -0.2) is 0 Å². The second-order valence-electron chi connectivity index (χ2n) is 6.56. The third-order valence-corrected chi connectivity index (χ3v) is 4.54. The summed E-state index contributed by atoms with van der Waals surface area (Å²) < 4.78 is 0. The molecule has 1 atom stereocenters. The highest BCUT2D eigenvalue weighted by Crippen LogP contribution is 2.38. The van der Waals surface area contributed by atoms with E-state index >= 15 is 0 Å². The first-order chi connectivity index (χ1) is 10.7. The molecule has 1 aliphatic carbocycles. The Hall–Kier alpha value is -1.86. The maximum absolute atomic E-state index is 2.43. The van der Waals surface area contributed by atoms with E-state index < -0.39 is 0 Å². The molecular weight excluding hydrogens is 266 g/mol. The van der Waals surface area contributed by atoms with Crippen LogP contribution in [-0.2, 0) is 6.42 Å². The molecule has 0 amide bonds. The molecule has 0 N–H and O–H groups in total. The van der Waals surface area contributed by atoms with E-state index in [4.69, 9.17) is 0 Å². The Kier molecular flexibility index (Phi) is 4.44. The molecule has 0 fully saturated rings. The van der Waals surface area contributed by atoms with E-state index in [1.165, 1.54) is 27.8 Å². The molecule has 0 heterocycles. The van der Waals surface area contributed by atoms with Crippen molar-refractivity contribution in [1.29, 1.82) is 0 Å². The van der Waals surface area contributed by atoms with Gasteiger partial charge in [-0.05, 0) is 60.7 Å². The lowest BCUT2D eigenvalue weighted by atomic mass is 9.91. The topological polar surface area (TPSA) is 3.24 Å². The zero-order chi connectivity index (χ0) is 15.5. The minimum atomic E-state index is 0.567. The van der Waals surface area contributed by atoms with E-state index in [2.05, 4.69) is 80.5 Å². The van der Waals surface area contributed by atoms with Crippen LogP contribution in [0.5, 0.6) is 0 Å². The molecular formula is C21H25N. The lowest BCUT2D eigenvalue weighted by molar-refractivity contribution is 0.417. The fourth-order valence-corrected chi connectivity index (χ4v) is 3.40. The summed E-state index contributed by atoms with van der Waals surface area (Å²) in [6.45, 7) is 3.43. The average molecular weight is 291 g/mol. The van der Waals surface area contributed by atoms with Crippen molar-refractivity contribution in [1.82, 2.24) is 4.90 Å². The molecule has 114 valence electrons. The zero-order valence-electron chi connectivity index (χ0n) is 13.8. The average Bonchev–Trinajstić information content (AvgIpc) is 2.63. The minimum absolute atomic E-state index is 0.567. The predicted octanol–water partition coefficient (Wildman–Crippen LogP) is 4.73. The van der Waals surface area contributed by atoms with Gasteiger partial charge in [0.25, 0.3) is 0 Å². The fraction of sp³-hybridized carbons (Fsp3) is 0.333. The van der Waals surface area contributed by atoms with Crippen LogP contribution in [0.1, 0.15) is 41.5 Å². The van der Waals surface area contributed by atoms with Crippen LogP contribution in [0.4, 0.5) is 0 Å². The number of fused-ring (bicyclic) bond motifs is 2. The molecule has 2 aromatic rings. The summed E-state index contributed by atoms with van der Waals surface area (Å²) in [5.74, 6) is 0.567. The quantitative estimate of drug-likeness (QED) is 0.790. The lowest BCUT2D eigenvalue weighted by Gasteiger charge is -2.14. The van der Waals surface area contributed by atoms with Crippen LogP contribution in [0.25, 0.3) is 5.57 Å². The molecule has 0 aliphatic heterocycles. The number of nitrogens with zero attached hydrogens (tertiary/aromatic N) is 1. The van der Waals surface area contributed by atoms with Crippen LogP contribution in [0.15, 0.2) is 54.6 Å². The summed E-state index contributed by atoms with van der Waals surface area (Å²) in [6.07, 6.45) is 4.63. The van der Waals surface area contributed by atoms with Crippen molar-refractivity contribution < 1.29 is 0 Å². The molecule has 3 rings (SSSR count). The second kappa shape index (κ2) is 6.50. The number of hydrogen-bond donors (Lipinski definition) is 0. The third-order valence-electron chi connectivity index (χ3n) is 4.54. The molecule has 1 nitrogen and oxygen atoms in total. The van der Waals surface area contributed by atoms with Gasteiger partial charge in [-0.3, -0.25) is 0 Å². The number of benzene rings is 2. The lowest BCUT2D eigenvalue weighted by Crippen LogP contribution is -2.12. The van der Waals surface area contributed by atoms with Crippen LogP contribution in [0.3, 0.4) is 0 Å². The first-order valence-corrected chi connectivity index (χ1v) is 8.19. The predicted molar refractivity (Wildman–Crippen MR) is 95.3 cm³/mol. The summed E-state index contributed by atoms with van der Waals surface area (Å²) in [6, 6.07) is 17.8. The van der Waals surface area contributed by atoms with Crippen molar-refractivity contribution >= 4 is 5.57 Å². The van der Waals surface area contributed by atoms with Gasteiger partial charge in [0.15, 0.2) is 0 Å². The minimum Gasteiger partial charge on any atom is -0.309 e. The van der Waals surface area contributed by atoms with E-state index in [0.29, 0.717) is 5.92 Å². The highest BCUT2D eigenvalue weighted by atomic mass is 15.0. The van der Waals surface area contributed by atoms with Crippen LogP contribution in [0, 0.1) is 0 Å². The van der Waals surface area contributed by atoms with Gasteiger partial charge in [0.1, 0.15) is 0 Å². The first kappa shape index (κ1) is 15.1. The van der Waals surface area contributed by atoms with Gasteiger partial charge in [0.2, 0.25) is 0 Å². The molecule has 0 bridgehead atoms. The molecule has 0 aromatic heterocycles. The standard InChI is InChI=1S/C21H25N/c1-16-15-17-9-4-5-11-19(17)21(13-8-14-22(2)3)20-12-7-6-10-18(16)20/h4-7,9-13,16H,8,14-15H2,1-3H3/b21-13-. The van der Waals surface area contributed by atoms with Gasteiger partial charge in [-0.1, -0.05) is 61.5 Å². The highest BCUT2D eigenvalue weighted by Gasteiger charge is 2.21. The highest BCUT2D eigenvalue weighted by molar-refractivity contribution is 5.84. The molecule has 0 saturated heterocycles. The fourth-order valence-electron chi connectivity index (χ4n) is 3.40. The Morgan fingerprint density at radius 2 is 1.68 bits per heavy atom. The maximum atomic E-state index is 2.43. The van der Waals surface area contributed by atoms with Crippen molar-refractivity contribution in [3.63, 3.8) is 0 Å². The normalized spacial score (nSPS) is 18.9. The summed E-state index contributed by atoms with van der Waals surface area (Å²) in [7, 11) is 4.27. The van der Waals surface area contributed by atoms with Crippen LogP contribution in [0.2, 0.25) is 0 Å². The summed E-state index contributed by atoms with van der Waals surface area (Å²) in [4.78, 5) is 2.24. The van der Waals surface area contributed by atoms with E-state index in [0.717, 1.165) is 19.4 Å². The molecule has 2 aromatic carbocycles. The van der Waals surface area contributed by atoms with Gasteiger partial charge in [-0.2, -0.15) is 0 Å². The molecule has 1 aliphatic rings. The monoisotopic (exact) mass is 291 g/mol. The smallest absolute Gasteiger partial charge is 0.00101 e. The van der Waals surface area contributed by atoms with Crippen molar-refractivity contribution in [2.75, 3.05) is 20.6 Å². The van der Waals surface area contributed by atoms with Crippen LogP contribution >= 0.6 is 0 Å². The molecule has 0 spiro atoms. The van der Waals surface area contributed by atoms with Crippen molar-refractivity contribution in [3.05, 3.63) is 76.9 Å². The summed E-state index contributed by atoms with van der Waals surface area (Å²) in [5.41, 5.74) is 7.20. The second-order valence-corrected chi connectivity index (χ2v) is 6.56. The van der Waals surface area contributed by atoms with E-state index in [-0.39, 0.29) is 0 Å². The van der Waals surface area contributed by atoms with Gasteiger partial charge in [0.05, 0.1) is 0 Å². The summed E-state index contributed by atoms with van der Waals surface area (Å²) in [5, 5.41) is 0. The molecule has 22 heavy (non-hydrogen) atoms. The number of hydrogen-bond acceptors (Lipinski definition) is 1. The first-order valence-electron chi connectivity index (χ1n) is 8.19. The van der Waals surface area contributed by atoms with Crippen LogP contribution < -0.4 is 0 Å². The summed E-state index contributed by atoms with van der Waals surface area (Å²) >= 11 is 0. The number of rotatable bonds is 3. The van der Waals surface area contributed by atoms with E-state index in [1.807, 2.05) is 0 Å². The Morgan fingerprint density at radius 1 is 1.00 bits per heavy atom. The molecule has 0 saturated carbocycles. The Balaban J connectivity index is 2.11. The Morgan fingerprint density at radius 3 is 2.45 bits per heavy atom. The van der Waals surface area contributed by atoms with Gasteiger partial charge in [0, 0.05) is 6.54 Å².